The van der Waals surface area contributed by atoms with Gasteiger partial charge in [-0.05, 0) is 17.7 Å². The molecule has 0 radical (unpaired) electrons. The van der Waals surface area contributed by atoms with Crippen LogP contribution >= 0.6 is 11.8 Å². The van der Waals surface area contributed by atoms with Gasteiger partial charge in [-0.15, -0.1) is 0 Å². The highest BCUT2D eigenvalue weighted by atomic mass is 32.2. The second-order valence-corrected chi connectivity index (χ2v) is 6.36. The van der Waals surface area contributed by atoms with Crippen molar-refractivity contribution in [2.75, 3.05) is 5.75 Å². The molecule has 7 nitrogen and oxygen atoms in total. The van der Waals surface area contributed by atoms with Crippen molar-refractivity contribution in [1.82, 2.24) is 4.98 Å². The Labute approximate surface area is 160 Å². The number of carbonyl (C=O) groups is 2. The fourth-order valence-corrected chi connectivity index (χ4v) is 2.90. The van der Waals surface area contributed by atoms with Gasteiger partial charge in [0.15, 0.2) is 0 Å². The van der Waals surface area contributed by atoms with Gasteiger partial charge in [0.25, 0.3) is 0 Å². The Morgan fingerprint density at radius 3 is 2.43 bits per heavy atom. The molecule has 0 aliphatic heterocycles. The van der Waals surface area contributed by atoms with E-state index < -0.39 is 40.5 Å². The summed E-state index contributed by atoms with van der Waals surface area (Å²) >= 11 is 0.552. The molecule has 0 saturated carbocycles. The van der Waals surface area contributed by atoms with Crippen molar-refractivity contribution in [1.29, 1.82) is 5.26 Å². The number of halogens is 3. The highest BCUT2D eigenvalue weighted by molar-refractivity contribution is 7.99. The Morgan fingerprint density at radius 1 is 1.25 bits per heavy atom. The fraction of sp³-hybridized carbons (Fsp3) is 0.176. The minimum Gasteiger partial charge on any atom is -0.460 e. The number of pyridine rings is 1. The van der Waals surface area contributed by atoms with Gasteiger partial charge in [-0.25, -0.2) is 0 Å². The molecule has 146 valence electrons. The van der Waals surface area contributed by atoms with Crippen LogP contribution in [0.4, 0.5) is 13.2 Å². The number of hydrogen-bond donors (Lipinski definition) is 2. The summed E-state index contributed by atoms with van der Waals surface area (Å²) < 4.78 is 43.8. The van der Waals surface area contributed by atoms with Gasteiger partial charge in [0, 0.05) is 11.6 Å². The van der Waals surface area contributed by atoms with Crippen LogP contribution < -0.4 is 11.3 Å². The van der Waals surface area contributed by atoms with Crippen molar-refractivity contribution in [2.45, 2.75) is 17.8 Å². The van der Waals surface area contributed by atoms with Crippen molar-refractivity contribution in [3.8, 4) is 6.07 Å². The van der Waals surface area contributed by atoms with Gasteiger partial charge >= 0.3 is 12.1 Å². The van der Waals surface area contributed by atoms with E-state index in [4.69, 9.17) is 15.7 Å². The average molecular weight is 411 g/mol. The molecule has 3 N–H and O–H groups in total. The molecule has 1 amide bonds. The summed E-state index contributed by atoms with van der Waals surface area (Å²) in [6, 6.07) is 7.64. The molecule has 1 heterocycles. The number of hydrogen-bond acceptors (Lipinski definition) is 6. The predicted molar refractivity (Wildman–Crippen MR) is 92.3 cm³/mol. The smallest absolute Gasteiger partial charge is 0.417 e. The topological polar surface area (TPSA) is 126 Å². The van der Waals surface area contributed by atoms with E-state index in [9.17, 15) is 27.6 Å². The number of carbonyl (C=O) groups excluding carboxylic acids is 2. The number of aromatic amines is 1. The fourth-order valence-electron chi connectivity index (χ4n) is 2.08. The maximum Gasteiger partial charge on any atom is 0.417 e. The lowest BCUT2D eigenvalue weighted by Crippen LogP contribution is -2.17. The number of H-pyrrole nitrogens is 1. The summed E-state index contributed by atoms with van der Waals surface area (Å²) in [5, 5.41) is 8.63. The third-order valence-electron chi connectivity index (χ3n) is 3.40. The van der Waals surface area contributed by atoms with E-state index in [1.165, 1.54) is 30.3 Å². The van der Waals surface area contributed by atoms with Crippen molar-refractivity contribution in [3.05, 3.63) is 62.9 Å². The maximum atomic E-state index is 12.9. The number of nitrogens with zero attached hydrogens (tertiary/aromatic N) is 1. The number of esters is 1. The first-order valence-corrected chi connectivity index (χ1v) is 8.52. The van der Waals surface area contributed by atoms with Gasteiger partial charge < -0.3 is 15.5 Å². The molecule has 0 atom stereocenters. The second-order valence-electron chi connectivity index (χ2n) is 5.37. The number of rotatable bonds is 6. The highest BCUT2D eigenvalue weighted by Crippen LogP contribution is 2.34. The predicted octanol–water partition coefficient (Wildman–Crippen LogP) is 2.20. The summed E-state index contributed by atoms with van der Waals surface area (Å²) in [6.07, 6.45) is -4.88. The first-order chi connectivity index (χ1) is 13.1. The molecule has 2 rings (SSSR count). The first-order valence-electron chi connectivity index (χ1n) is 7.53. The van der Waals surface area contributed by atoms with Gasteiger partial charge in [-0.2, -0.15) is 18.4 Å². The molecule has 0 aliphatic rings. The van der Waals surface area contributed by atoms with Crippen LogP contribution in [0.15, 0.2) is 40.2 Å². The number of aromatic nitrogens is 1. The van der Waals surface area contributed by atoms with E-state index in [0.717, 1.165) is 0 Å². The highest BCUT2D eigenvalue weighted by Gasteiger charge is 2.35. The number of nitriles is 1. The van der Waals surface area contributed by atoms with Crippen LogP contribution in [0, 0.1) is 11.3 Å². The number of ether oxygens (including phenoxy) is 1. The first kappa shape index (κ1) is 21.0. The summed E-state index contributed by atoms with van der Waals surface area (Å²) in [5.74, 6) is -1.81. The molecule has 0 aliphatic carbocycles. The molecule has 2 aromatic rings. The molecule has 1 aromatic heterocycles. The third kappa shape index (κ3) is 5.37. The minimum atomic E-state index is -4.88. The number of nitrogens with one attached hydrogen (secondary N) is 1. The molecule has 0 saturated heterocycles. The molecule has 0 bridgehead atoms. The van der Waals surface area contributed by atoms with E-state index in [1.807, 2.05) is 0 Å². The lowest BCUT2D eigenvalue weighted by Gasteiger charge is -2.11. The van der Waals surface area contributed by atoms with E-state index in [0.29, 0.717) is 17.3 Å². The molecular weight excluding hydrogens is 399 g/mol. The number of primary amides is 1. The Kier molecular flexibility index (Phi) is 6.48. The molecule has 0 fully saturated rings. The SMILES string of the molecule is N#Cc1c(C(F)(F)F)cc(=O)[nH]c1SCC(=O)OCc1ccc(C(N)=O)cc1. The van der Waals surface area contributed by atoms with E-state index in [-0.39, 0.29) is 23.3 Å². The summed E-state index contributed by atoms with van der Waals surface area (Å²) in [6.45, 7) is -0.136. The molecule has 1 aromatic carbocycles. The van der Waals surface area contributed by atoms with Crippen molar-refractivity contribution >= 4 is 23.6 Å². The number of alkyl halides is 3. The zero-order chi connectivity index (χ0) is 20.9. The summed E-state index contributed by atoms with van der Waals surface area (Å²) in [7, 11) is 0. The lowest BCUT2D eigenvalue weighted by atomic mass is 10.1. The normalized spacial score (nSPS) is 10.9. The van der Waals surface area contributed by atoms with Crippen LogP contribution in [0.5, 0.6) is 0 Å². The quantitative estimate of drug-likeness (QED) is 0.554. The van der Waals surface area contributed by atoms with E-state index in [1.54, 1.807) is 0 Å². The molecular formula is C17H12F3N3O4S. The van der Waals surface area contributed by atoms with Crippen LogP contribution in [-0.2, 0) is 22.3 Å². The maximum absolute atomic E-state index is 12.9. The van der Waals surface area contributed by atoms with Gasteiger partial charge in [0.1, 0.15) is 12.7 Å². The molecule has 11 heteroatoms. The van der Waals surface area contributed by atoms with Crippen molar-refractivity contribution < 1.29 is 27.5 Å². The van der Waals surface area contributed by atoms with Gasteiger partial charge in [-0.1, -0.05) is 23.9 Å². The minimum absolute atomic E-state index is 0.136. The lowest BCUT2D eigenvalue weighted by molar-refractivity contribution is -0.141. The molecule has 0 unspecified atom stereocenters. The monoisotopic (exact) mass is 411 g/mol. The Morgan fingerprint density at radius 2 is 1.89 bits per heavy atom. The number of nitrogens with two attached hydrogens (primary N) is 1. The molecule has 28 heavy (non-hydrogen) atoms. The van der Waals surface area contributed by atoms with Crippen LogP contribution in [0.25, 0.3) is 0 Å². The number of amides is 1. The van der Waals surface area contributed by atoms with Crippen LogP contribution in [0.1, 0.15) is 27.0 Å². The zero-order valence-corrected chi connectivity index (χ0v) is 14.8. The van der Waals surface area contributed by atoms with Gasteiger partial charge in [0.2, 0.25) is 11.5 Å². The van der Waals surface area contributed by atoms with E-state index in [2.05, 4.69) is 4.98 Å². The Balaban J connectivity index is 2.03. The van der Waals surface area contributed by atoms with Crippen molar-refractivity contribution in [2.24, 2.45) is 5.73 Å². The van der Waals surface area contributed by atoms with Crippen LogP contribution in [0.3, 0.4) is 0 Å². The number of thioether (sulfide) groups is 1. The Hall–Kier alpha value is -3.26. The summed E-state index contributed by atoms with van der Waals surface area (Å²) in [5.41, 5.74) is 2.76. The average Bonchev–Trinajstić information content (AvgIpc) is 2.63. The van der Waals surface area contributed by atoms with Gasteiger partial charge in [-0.3, -0.25) is 14.4 Å². The second kappa shape index (κ2) is 8.62. The zero-order valence-electron chi connectivity index (χ0n) is 14.0. The molecule has 0 spiro atoms. The van der Waals surface area contributed by atoms with E-state index >= 15 is 0 Å². The largest absolute Gasteiger partial charge is 0.460 e. The standard InChI is InChI=1S/C17H12F3N3O4S/c18-17(19,20)12-5-13(24)23-16(11(12)6-21)28-8-14(25)27-7-9-1-3-10(4-2-9)15(22)26/h1-5H,7-8H2,(H2,22,26)(H,23,24). The van der Waals surface area contributed by atoms with Crippen molar-refractivity contribution in [3.63, 3.8) is 0 Å². The van der Waals surface area contributed by atoms with Crippen LogP contribution in [-0.4, -0.2) is 22.6 Å². The van der Waals surface area contributed by atoms with Gasteiger partial charge in [0.05, 0.1) is 21.9 Å². The Bertz CT molecular complexity index is 995. The van der Waals surface area contributed by atoms with Crippen LogP contribution in [0.2, 0.25) is 0 Å². The number of benzene rings is 1. The third-order valence-corrected chi connectivity index (χ3v) is 4.37. The summed E-state index contributed by atoms with van der Waals surface area (Å²) in [4.78, 5) is 36.3.